The van der Waals surface area contributed by atoms with E-state index in [1.54, 1.807) is 13.8 Å². The van der Waals surface area contributed by atoms with Crippen LogP contribution in [-0.2, 0) is 14.6 Å². The second kappa shape index (κ2) is 7.99. The van der Waals surface area contributed by atoms with Crippen LogP contribution in [0.25, 0.3) is 0 Å². The molecular formula is C15H30N4O3S. The molecule has 0 spiro atoms. The van der Waals surface area contributed by atoms with Gasteiger partial charge in [0.2, 0.25) is 5.91 Å². The first-order valence-electron chi connectivity index (χ1n) is 8.08. The quantitative estimate of drug-likeness (QED) is 0.534. The first kappa shape index (κ1) is 19.7. The number of rotatable bonds is 6. The van der Waals surface area contributed by atoms with Crippen molar-refractivity contribution in [3.05, 3.63) is 0 Å². The van der Waals surface area contributed by atoms with E-state index < -0.39 is 14.6 Å². The number of aliphatic imine (C=N–C) groups is 1. The summed E-state index contributed by atoms with van der Waals surface area (Å²) in [7, 11) is -3.18. The SMILES string of the molecule is CCNC(=NCC(C)(C)S(C)(=O)=O)N1CCCC(CC(N)=O)C1. The number of carbonyl (C=O) groups is 1. The molecule has 0 aromatic heterocycles. The van der Waals surface area contributed by atoms with Crippen LogP contribution in [0.2, 0.25) is 0 Å². The Morgan fingerprint density at radius 1 is 1.43 bits per heavy atom. The van der Waals surface area contributed by atoms with Gasteiger partial charge < -0.3 is 16.0 Å². The highest BCUT2D eigenvalue weighted by molar-refractivity contribution is 7.92. The van der Waals surface area contributed by atoms with Crippen LogP contribution in [-0.4, -0.2) is 62.4 Å². The molecule has 0 aliphatic carbocycles. The van der Waals surface area contributed by atoms with Gasteiger partial charge in [0, 0.05) is 32.3 Å². The number of primary amides is 1. The van der Waals surface area contributed by atoms with Crippen molar-refractivity contribution in [2.24, 2.45) is 16.6 Å². The number of amides is 1. The average molecular weight is 346 g/mol. The lowest BCUT2D eigenvalue weighted by Gasteiger charge is -2.35. The van der Waals surface area contributed by atoms with E-state index in [9.17, 15) is 13.2 Å². The van der Waals surface area contributed by atoms with E-state index in [1.807, 2.05) is 6.92 Å². The lowest BCUT2D eigenvalue weighted by molar-refractivity contribution is -0.119. The highest BCUT2D eigenvalue weighted by atomic mass is 32.2. The van der Waals surface area contributed by atoms with Gasteiger partial charge >= 0.3 is 0 Å². The van der Waals surface area contributed by atoms with E-state index in [2.05, 4.69) is 15.2 Å². The third-order valence-electron chi connectivity index (χ3n) is 4.26. The molecule has 1 fully saturated rings. The van der Waals surface area contributed by atoms with Gasteiger partial charge in [0.15, 0.2) is 15.8 Å². The predicted molar refractivity (Wildman–Crippen MR) is 93.0 cm³/mol. The minimum absolute atomic E-state index is 0.200. The molecular weight excluding hydrogens is 316 g/mol. The largest absolute Gasteiger partial charge is 0.370 e. The van der Waals surface area contributed by atoms with Crippen molar-refractivity contribution in [2.45, 2.75) is 44.8 Å². The summed E-state index contributed by atoms with van der Waals surface area (Å²) >= 11 is 0. The normalized spacial score (nSPS) is 20.4. The number of piperidine rings is 1. The Labute approximate surface area is 139 Å². The van der Waals surface area contributed by atoms with E-state index >= 15 is 0 Å². The summed E-state index contributed by atoms with van der Waals surface area (Å²) in [5, 5.41) is 3.22. The van der Waals surface area contributed by atoms with E-state index in [4.69, 9.17) is 5.73 Å². The van der Waals surface area contributed by atoms with Gasteiger partial charge in [0.25, 0.3) is 0 Å². The standard InChI is InChI=1S/C15H30N4O3S/c1-5-17-14(18-11-15(2,3)23(4,21)22)19-8-6-7-12(10-19)9-13(16)20/h12H,5-11H2,1-4H3,(H2,16,20)(H,17,18). The number of nitrogens with two attached hydrogens (primary N) is 1. The number of guanidine groups is 1. The number of nitrogens with one attached hydrogen (secondary N) is 1. The Morgan fingerprint density at radius 3 is 2.61 bits per heavy atom. The van der Waals surface area contributed by atoms with Crippen molar-refractivity contribution in [1.82, 2.24) is 10.2 Å². The number of sulfone groups is 1. The van der Waals surface area contributed by atoms with Crippen molar-refractivity contribution in [3.8, 4) is 0 Å². The number of nitrogens with zero attached hydrogens (tertiary/aromatic N) is 2. The summed E-state index contributed by atoms with van der Waals surface area (Å²) in [6, 6.07) is 0. The Bertz CT molecular complexity index is 543. The molecule has 1 saturated heterocycles. The molecule has 1 heterocycles. The smallest absolute Gasteiger partial charge is 0.217 e. The number of hydrogen-bond acceptors (Lipinski definition) is 4. The first-order valence-corrected chi connectivity index (χ1v) is 9.97. The molecule has 23 heavy (non-hydrogen) atoms. The van der Waals surface area contributed by atoms with Crippen LogP contribution >= 0.6 is 0 Å². The fourth-order valence-corrected chi connectivity index (χ4v) is 2.82. The highest BCUT2D eigenvalue weighted by Gasteiger charge is 2.31. The van der Waals surface area contributed by atoms with Crippen molar-refractivity contribution < 1.29 is 13.2 Å². The molecule has 7 nitrogen and oxygen atoms in total. The number of carbonyl (C=O) groups excluding carboxylic acids is 1. The van der Waals surface area contributed by atoms with Crippen molar-refractivity contribution >= 4 is 21.7 Å². The summed E-state index contributed by atoms with van der Waals surface area (Å²) in [5.74, 6) is 0.656. The average Bonchev–Trinajstić information content (AvgIpc) is 2.41. The Hall–Kier alpha value is -1.31. The van der Waals surface area contributed by atoms with E-state index in [0.29, 0.717) is 25.5 Å². The van der Waals surface area contributed by atoms with Crippen LogP contribution in [0.5, 0.6) is 0 Å². The Kier molecular flexibility index (Phi) is 6.85. The van der Waals surface area contributed by atoms with Crippen LogP contribution in [0.1, 0.15) is 40.0 Å². The van der Waals surface area contributed by atoms with Gasteiger partial charge in [0.1, 0.15) is 0 Å². The molecule has 0 aromatic carbocycles. The number of hydrogen-bond donors (Lipinski definition) is 2. The Balaban J connectivity index is 2.84. The molecule has 0 saturated carbocycles. The molecule has 1 atom stereocenters. The Morgan fingerprint density at radius 2 is 2.09 bits per heavy atom. The van der Waals surface area contributed by atoms with Gasteiger partial charge in [-0.3, -0.25) is 9.79 Å². The van der Waals surface area contributed by atoms with Gasteiger partial charge in [0.05, 0.1) is 11.3 Å². The second-order valence-corrected chi connectivity index (χ2v) is 9.48. The van der Waals surface area contributed by atoms with Crippen molar-refractivity contribution in [1.29, 1.82) is 0 Å². The predicted octanol–water partition coefficient (Wildman–Crippen LogP) is 0.363. The zero-order valence-electron chi connectivity index (χ0n) is 14.6. The zero-order valence-corrected chi connectivity index (χ0v) is 15.4. The molecule has 1 amide bonds. The van der Waals surface area contributed by atoms with E-state index in [0.717, 1.165) is 19.4 Å². The van der Waals surface area contributed by atoms with E-state index in [-0.39, 0.29) is 18.4 Å². The van der Waals surface area contributed by atoms with Gasteiger partial charge in [-0.15, -0.1) is 0 Å². The summed E-state index contributed by atoms with van der Waals surface area (Å²) in [4.78, 5) is 17.7. The van der Waals surface area contributed by atoms with Gasteiger partial charge in [-0.05, 0) is 39.5 Å². The molecule has 8 heteroatoms. The van der Waals surface area contributed by atoms with Crippen LogP contribution in [0.15, 0.2) is 4.99 Å². The maximum absolute atomic E-state index is 11.8. The van der Waals surface area contributed by atoms with Crippen molar-refractivity contribution in [2.75, 3.05) is 32.4 Å². The van der Waals surface area contributed by atoms with Crippen molar-refractivity contribution in [3.63, 3.8) is 0 Å². The second-order valence-electron chi connectivity index (χ2n) is 6.83. The highest BCUT2D eigenvalue weighted by Crippen LogP contribution is 2.20. The van der Waals surface area contributed by atoms with E-state index in [1.165, 1.54) is 6.26 Å². The van der Waals surface area contributed by atoms with Gasteiger partial charge in [-0.25, -0.2) is 8.42 Å². The molecule has 1 aliphatic heterocycles. The lowest BCUT2D eigenvalue weighted by Crippen LogP contribution is -2.48. The zero-order chi connectivity index (χ0) is 17.7. The number of likely N-dealkylation sites (tertiary alicyclic amines) is 1. The molecule has 1 aliphatic rings. The monoisotopic (exact) mass is 346 g/mol. The fraction of sp³-hybridized carbons (Fsp3) is 0.867. The molecule has 3 N–H and O–H groups in total. The maximum atomic E-state index is 11.8. The van der Waals surface area contributed by atoms with Gasteiger partial charge in [-0.1, -0.05) is 0 Å². The molecule has 0 bridgehead atoms. The van der Waals surface area contributed by atoms with Crippen LogP contribution in [0, 0.1) is 5.92 Å². The third-order valence-corrected chi connectivity index (χ3v) is 6.39. The minimum Gasteiger partial charge on any atom is -0.370 e. The topological polar surface area (TPSA) is 105 Å². The fourth-order valence-electron chi connectivity index (χ4n) is 2.52. The van der Waals surface area contributed by atoms with Crippen LogP contribution in [0.3, 0.4) is 0 Å². The minimum atomic E-state index is -3.18. The lowest BCUT2D eigenvalue weighted by atomic mass is 9.95. The maximum Gasteiger partial charge on any atom is 0.217 e. The molecule has 0 radical (unpaired) electrons. The summed E-state index contributed by atoms with van der Waals surface area (Å²) in [6.45, 7) is 7.81. The molecule has 134 valence electrons. The molecule has 1 unspecified atom stereocenters. The van der Waals surface area contributed by atoms with Crippen LogP contribution < -0.4 is 11.1 Å². The summed E-state index contributed by atoms with van der Waals surface area (Å²) < 4.78 is 22.7. The third kappa shape index (κ3) is 6.01. The van der Waals surface area contributed by atoms with Gasteiger partial charge in [-0.2, -0.15) is 0 Å². The molecule has 0 aromatic rings. The molecule has 1 rings (SSSR count). The first-order chi connectivity index (χ1) is 10.6. The summed E-state index contributed by atoms with van der Waals surface area (Å²) in [6.07, 6.45) is 3.56. The van der Waals surface area contributed by atoms with Crippen LogP contribution in [0.4, 0.5) is 0 Å². The summed E-state index contributed by atoms with van der Waals surface area (Å²) in [5.41, 5.74) is 5.30.